The Morgan fingerprint density at radius 3 is 2.41 bits per heavy atom. The molecule has 2 heterocycles. The van der Waals surface area contributed by atoms with Gasteiger partial charge in [-0.25, -0.2) is 0 Å². The van der Waals surface area contributed by atoms with E-state index in [4.69, 9.17) is 4.74 Å². The van der Waals surface area contributed by atoms with Crippen molar-refractivity contribution in [3.05, 3.63) is 63.1 Å². The number of aromatic amines is 1. The predicted molar refractivity (Wildman–Crippen MR) is 101 cm³/mol. The average molecular weight is 369 g/mol. The number of piperazine rings is 1. The lowest BCUT2D eigenvalue weighted by atomic mass is 10.1. The fourth-order valence-electron chi connectivity index (χ4n) is 3.34. The number of hydrogen-bond donors (Lipinski definition) is 1. The van der Waals surface area contributed by atoms with Crippen LogP contribution in [0.15, 0.2) is 35.3 Å². The van der Waals surface area contributed by atoms with E-state index >= 15 is 0 Å². The number of benzene rings is 1. The van der Waals surface area contributed by atoms with Crippen LogP contribution in [0.2, 0.25) is 0 Å². The Bertz CT molecular complexity index is 915. The molecule has 2 aromatic rings. The highest BCUT2D eigenvalue weighted by atomic mass is 16.5. The van der Waals surface area contributed by atoms with Gasteiger partial charge >= 0.3 is 0 Å². The van der Waals surface area contributed by atoms with Gasteiger partial charge in [0.05, 0.1) is 7.11 Å². The van der Waals surface area contributed by atoms with Gasteiger partial charge in [0.2, 0.25) is 11.3 Å². The molecule has 2 amide bonds. The van der Waals surface area contributed by atoms with Crippen molar-refractivity contribution < 1.29 is 14.3 Å². The monoisotopic (exact) mass is 369 g/mol. The van der Waals surface area contributed by atoms with Crippen molar-refractivity contribution in [1.82, 2.24) is 14.8 Å². The Kier molecular flexibility index (Phi) is 5.30. The summed E-state index contributed by atoms with van der Waals surface area (Å²) >= 11 is 0. The Hall–Kier alpha value is -3.09. The van der Waals surface area contributed by atoms with E-state index in [9.17, 15) is 14.4 Å². The number of ether oxygens (including phenoxy) is 1. The van der Waals surface area contributed by atoms with Crippen molar-refractivity contribution in [3.63, 3.8) is 0 Å². The smallest absolute Gasteiger partial charge is 0.270 e. The molecule has 0 spiro atoms. The molecule has 1 fully saturated rings. The lowest BCUT2D eigenvalue weighted by Crippen LogP contribution is -2.52. The number of H-pyrrole nitrogens is 1. The molecule has 3 rings (SSSR count). The topological polar surface area (TPSA) is 82.7 Å². The number of aryl methyl sites for hydroxylation is 2. The highest BCUT2D eigenvalue weighted by Gasteiger charge is 2.28. The normalized spacial score (nSPS) is 14.4. The molecule has 0 radical (unpaired) electrons. The number of hydrogen-bond acceptors (Lipinski definition) is 4. The zero-order valence-electron chi connectivity index (χ0n) is 15.7. The van der Waals surface area contributed by atoms with Crippen molar-refractivity contribution in [2.45, 2.75) is 20.4 Å². The van der Waals surface area contributed by atoms with Crippen LogP contribution in [0.4, 0.5) is 0 Å². The number of carbonyl (C=O) groups is 2. The lowest BCUT2D eigenvalue weighted by Gasteiger charge is -2.34. The van der Waals surface area contributed by atoms with Crippen LogP contribution in [0.25, 0.3) is 0 Å². The standard InChI is InChI=1S/C20H23N3O4/c1-13-6-14(2)8-15(7-13)11-22-4-5-23(12-19(22)25)20(26)16-9-17(24)18(27-3)10-21-16/h6-10H,4-5,11-12H2,1-3H3,(H,21,24). The fraction of sp³-hybridized carbons (Fsp3) is 0.350. The van der Waals surface area contributed by atoms with E-state index in [0.29, 0.717) is 19.6 Å². The number of nitrogens with zero attached hydrogens (tertiary/aromatic N) is 2. The quantitative estimate of drug-likeness (QED) is 0.885. The molecule has 7 nitrogen and oxygen atoms in total. The highest BCUT2D eigenvalue weighted by Crippen LogP contribution is 2.15. The second kappa shape index (κ2) is 7.65. The summed E-state index contributed by atoms with van der Waals surface area (Å²) in [5.41, 5.74) is 3.18. The number of amides is 2. The van der Waals surface area contributed by atoms with E-state index in [2.05, 4.69) is 23.2 Å². The van der Waals surface area contributed by atoms with E-state index in [0.717, 1.165) is 16.7 Å². The van der Waals surface area contributed by atoms with Crippen LogP contribution in [-0.2, 0) is 11.3 Å². The zero-order chi connectivity index (χ0) is 19.6. The molecule has 142 valence electrons. The minimum absolute atomic E-state index is 0.00229. The molecule has 1 aliphatic heterocycles. The summed E-state index contributed by atoms with van der Waals surface area (Å²) in [4.78, 5) is 42.9. The molecular formula is C20H23N3O4. The van der Waals surface area contributed by atoms with Crippen LogP contribution in [-0.4, -0.2) is 53.3 Å². The van der Waals surface area contributed by atoms with Crippen molar-refractivity contribution in [2.24, 2.45) is 0 Å². The molecule has 0 bridgehead atoms. The number of methoxy groups -OCH3 is 1. The molecule has 1 saturated heterocycles. The van der Waals surface area contributed by atoms with Gasteiger partial charge in [-0.2, -0.15) is 0 Å². The zero-order valence-corrected chi connectivity index (χ0v) is 15.7. The lowest BCUT2D eigenvalue weighted by molar-refractivity contribution is -0.135. The molecular weight excluding hydrogens is 346 g/mol. The van der Waals surface area contributed by atoms with Crippen LogP contribution in [0.1, 0.15) is 27.2 Å². The Morgan fingerprint density at radius 1 is 1.11 bits per heavy atom. The summed E-state index contributed by atoms with van der Waals surface area (Å²) in [5, 5.41) is 0. The summed E-state index contributed by atoms with van der Waals surface area (Å²) in [7, 11) is 1.39. The summed E-state index contributed by atoms with van der Waals surface area (Å²) in [6, 6.07) is 7.44. The second-order valence-corrected chi connectivity index (χ2v) is 6.82. The number of nitrogens with one attached hydrogen (secondary N) is 1. The summed E-state index contributed by atoms with van der Waals surface area (Å²) in [6.45, 7) is 5.47. The third-order valence-corrected chi connectivity index (χ3v) is 4.59. The van der Waals surface area contributed by atoms with E-state index in [1.807, 2.05) is 13.8 Å². The maximum absolute atomic E-state index is 12.6. The molecule has 0 atom stereocenters. The summed E-state index contributed by atoms with van der Waals surface area (Å²) in [5.74, 6) is -0.334. The molecule has 0 saturated carbocycles. The van der Waals surface area contributed by atoms with Crippen molar-refractivity contribution >= 4 is 11.8 Å². The maximum Gasteiger partial charge on any atom is 0.270 e. The first-order valence-corrected chi connectivity index (χ1v) is 8.78. The van der Waals surface area contributed by atoms with Gasteiger partial charge in [-0.3, -0.25) is 14.4 Å². The van der Waals surface area contributed by atoms with Crippen molar-refractivity contribution in [3.8, 4) is 5.75 Å². The first-order chi connectivity index (χ1) is 12.9. The fourth-order valence-corrected chi connectivity index (χ4v) is 3.34. The number of carbonyl (C=O) groups excluding carboxylic acids is 2. The first kappa shape index (κ1) is 18.7. The van der Waals surface area contributed by atoms with E-state index < -0.39 is 0 Å². The van der Waals surface area contributed by atoms with Crippen molar-refractivity contribution in [2.75, 3.05) is 26.7 Å². The Balaban J connectivity index is 1.67. The van der Waals surface area contributed by atoms with Gasteiger partial charge in [0, 0.05) is 31.9 Å². The largest absolute Gasteiger partial charge is 0.491 e. The van der Waals surface area contributed by atoms with Gasteiger partial charge in [0.1, 0.15) is 12.2 Å². The van der Waals surface area contributed by atoms with Gasteiger partial charge < -0.3 is 19.5 Å². The number of aromatic nitrogens is 1. The molecule has 27 heavy (non-hydrogen) atoms. The Morgan fingerprint density at radius 2 is 1.81 bits per heavy atom. The molecule has 7 heteroatoms. The third-order valence-electron chi connectivity index (χ3n) is 4.59. The first-order valence-electron chi connectivity index (χ1n) is 8.78. The second-order valence-electron chi connectivity index (χ2n) is 6.82. The van der Waals surface area contributed by atoms with Crippen molar-refractivity contribution in [1.29, 1.82) is 0 Å². The van der Waals surface area contributed by atoms with Gasteiger partial charge in [0.25, 0.3) is 5.91 Å². The minimum Gasteiger partial charge on any atom is -0.491 e. The van der Waals surface area contributed by atoms with Crippen LogP contribution in [0.5, 0.6) is 5.75 Å². The molecule has 1 aromatic heterocycles. The van der Waals surface area contributed by atoms with Crippen LogP contribution in [0, 0.1) is 13.8 Å². The maximum atomic E-state index is 12.6. The van der Waals surface area contributed by atoms with E-state index in [1.54, 1.807) is 4.90 Å². The molecule has 1 aromatic carbocycles. The third kappa shape index (κ3) is 4.19. The molecule has 1 N–H and O–H groups in total. The minimum atomic E-state index is -0.376. The van der Waals surface area contributed by atoms with Crippen LogP contribution < -0.4 is 10.2 Å². The van der Waals surface area contributed by atoms with Gasteiger partial charge in [0.15, 0.2) is 5.75 Å². The number of rotatable bonds is 4. The summed E-state index contributed by atoms with van der Waals surface area (Å²) < 4.78 is 4.90. The SMILES string of the molecule is COc1c[nH]c(C(=O)N2CCN(Cc3cc(C)cc(C)c3)C(=O)C2)cc1=O. The van der Waals surface area contributed by atoms with Gasteiger partial charge in [-0.05, 0) is 19.4 Å². The predicted octanol–water partition coefficient (Wildman–Crippen LogP) is 1.48. The average Bonchev–Trinajstić information content (AvgIpc) is 2.62. The summed E-state index contributed by atoms with van der Waals surface area (Å²) in [6.07, 6.45) is 1.35. The molecule has 0 aliphatic carbocycles. The van der Waals surface area contributed by atoms with Crippen LogP contribution >= 0.6 is 0 Å². The molecule has 0 unspecified atom stereocenters. The molecule has 1 aliphatic rings. The number of pyridine rings is 1. The Labute approximate surface area is 157 Å². The highest BCUT2D eigenvalue weighted by molar-refractivity contribution is 5.95. The van der Waals surface area contributed by atoms with Gasteiger partial charge in [-0.15, -0.1) is 0 Å². The van der Waals surface area contributed by atoms with E-state index in [-0.39, 0.29) is 35.2 Å². The van der Waals surface area contributed by atoms with Crippen LogP contribution in [0.3, 0.4) is 0 Å². The van der Waals surface area contributed by atoms with E-state index in [1.165, 1.54) is 24.3 Å². The van der Waals surface area contributed by atoms with Gasteiger partial charge in [-0.1, -0.05) is 29.3 Å².